The van der Waals surface area contributed by atoms with Gasteiger partial charge in [-0.25, -0.2) is 4.79 Å². The fourth-order valence-electron chi connectivity index (χ4n) is 2.90. The van der Waals surface area contributed by atoms with Crippen molar-refractivity contribution in [2.24, 2.45) is 0 Å². The zero-order chi connectivity index (χ0) is 20.5. The molecular formula is C23H25N3O3. The van der Waals surface area contributed by atoms with Crippen molar-refractivity contribution >= 4 is 11.9 Å². The molecule has 2 aromatic carbocycles. The first-order valence-electron chi connectivity index (χ1n) is 9.78. The molecule has 1 amide bonds. The minimum absolute atomic E-state index is 0.301. The van der Waals surface area contributed by atoms with Crippen molar-refractivity contribution in [3.8, 4) is 11.3 Å². The van der Waals surface area contributed by atoms with Crippen molar-refractivity contribution in [1.29, 1.82) is 0 Å². The van der Waals surface area contributed by atoms with Crippen LogP contribution in [-0.2, 0) is 16.1 Å². The number of benzene rings is 2. The molecule has 0 atom stereocenters. The number of carbonyl (C=O) groups excluding carboxylic acids is 2. The summed E-state index contributed by atoms with van der Waals surface area (Å²) in [5, 5.41) is 7.34. The molecule has 0 unspecified atom stereocenters. The van der Waals surface area contributed by atoms with Crippen LogP contribution in [0.2, 0.25) is 0 Å². The van der Waals surface area contributed by atoms with Crippen LogP contribution in [0.25, 0.3) is 11.3 Å². The number of esters is 1. The van der Waals surface area contributed by atoms with Crippen LogP contribution in [0.3, 0.4) is 0 Å². The van der Waals surface area contributed by atoms with Crippen LogP contribution < -0.4 is 5.32 Å². The summed E-state index contributed by atoms with van der Waals surface area (Å²) in [5.41, 5.74) is 2.77. The van der Waals surface area contributed by atoms with E-state index in [2.05, 4.69) is 10.4 Å². The van der Waals surface area contributed by atoms with Crippen LogP contribution in [0.1, 0.15) is 35.7 Å². The summed E-state index contributed by atoms with van der Waals surface area (Å²) in [6.07, 6.45) is 3.55. The monoisotopic (exact) mass is 391 g/mol. The number of ether oxygens (including phenoxy) is 1. The number of amides is 1. The largest absolute Gasteiger partial charge is 0.452 e. The van der Waals surface area contributed by atoms with Gasteiger partial charge in [-0.05, 0) is 12.0 Å². The van der Waals surface area contributed by atoms with E-state index in [0.717, 1.165) is 24.0 Å². The topological polar surface area (TPSA) is 73.2 Å². The Morgan fingerprint density at radius 1 is 1.03 bits per heavy atom. The summed E-state index contributed by atoms with van der Waals surface area (Å²) in [5.74, 6) is -0.862. The molecule has 0 aliphatic carbocycles. The number of nitrogens with one attached hydrogen (secondary N) is 1. The number of aromatic nitrogens is 2. The maximum atomic E-state index is 12.7. The predicted octanol–water partition coefficient (Wildman–Crippen LogP) is 3.67. The molecule has 3 aromatic rings. The second kappa shape index (κ2) is 10.2. The Morgan fingerprint density at radius 3 is 2.41 bits per heavy atom. The predicted molar refractivity (Wildman–Crippen MR) is 111 cm³/mol. The zero-order valence-electron chi connectivity index (χ0n) is 16.5. The molecule has 150 valence electrons. The molecule has 1 N–H and O–H groups in total. The highest BCUT2D eigenvalue weighted by molar-refractivity contribution is 5.97. The van der Waals surface area contributed by atoms with Gasteiger partial charge in [-0.1, -0.05) is 74.0 Å². The lowest BCUT2D eigenvalue weighted by Gasteiger charge is -2.06. The van der Waals surface area contributed by atoms with Crippen molar-refractivity contribution in [3.05, 3.63) is 78.0 Å². The Kier molecular flexibility index (Phi) is 7.16. The Bertz CT molecular complexity index is 937. The lowest BCUT2D eigenvalue weighted by atomic mass is 10.1. The van der Waals surface area contributed by atoms with Crippen molar-refractivity contribution in [3.63, 3.8) is 0 Å². The van der Waals surface area contributed by atoms with E-state index in [1.54, 1.807) is 10.9 Å². The van der Waals surface area contributed by atoms with E-state index in [4.69, 9.17) is 4.74 Å². The third kappa shape index (κ3) is 5.78. The SMILES string of the molecule is CCCCNC(=O)COC(=O)c1cn(Cc2ccccc2)nc1-c1ccccc1. The smallest absolute Gasteiger partial charge is 0.342 e. The Balaban J connectivity index is 1.76. The van der Waals surface area contributed by atoms with Gasteiger partial charge in [0.2, 0.25) is 0 Å². The molecule has 0 saturated carbocycles. The zero-order valence-corrected chi connectivity index (χ0v) is 16.5. The fraction of sp³-hybridized carbons (Fsp3) is 0.261. The van der Waals surface area contributed by atoms with E-state index >= 15 is 0 Å². The quantitative estimate of drug-likeness (QED) is 0.446. The molecule has 1 heterocycles. The summed E-state index contributed by atoms with van der Waals surface area (Å²) in [7, 11) is 0. The average molecular weight is 391 g/mol. The maximum absolute atomic E-state index is 12.7. The molecule has 3 rings (SSSR count). The molecule has 0 spiro atoms. The number of nitrogens with zero attached hydrogens (tertiary/aromatic N) is 2. The lowest BCUT2D eigenvalue weighted by Crippen LogP contribution is -2.29. The summed E-state index contributed by atoms with van der Waals surface area (Å²) >= 11 is 0. The van der Waals surface area contributed by atoms with E-state index in [9.17, 15) is 9.59 Å². The van der Waals surface area contributed by atoms with Gasteiger partial charge in [0, 0.05) is 18.3 Å². The van der Waals surface area contributed by atoms with Crippen molar-refractivity contribution in [1.82, 2.24) is 15.1 Å². The summed E-state index contributed by atoms with van der Waals surface area (Å²) in [4.78, 5) is 24.5. The third-order valence-electron chi connectivity index (χ3n) is 4.40. The third-order valence-corrected chi connectivity index (χ3v) is 4.40. The first-order valence-corrected chi connectivity index (χ1v) is 9.78. The molecule has 0 bridgehead atoms. The van der Waals surface area contributed by atoms with Crippen molar-refractivity contribution < 1.29 is 14.3 Å². The number of rotatable bonds is 9. The normalized spacial score (nSPS) is 10.5. The molecule has 29 heavy (non-hydrogen) atoms. The Hall–Kier alpha value is -3.41. The van der Waals surface area contributed by atoms with Crippen LogP contribution in [0, 0.1) is 0 Å². The Morgan fingerprint density at radius 2 is 1.72 bits per heavy atom. The minimum atomic E-state index is -0.561. The number of hydrogen-bond acceptors (Lipinski definition) is 4. The van der Waals surface area contributed by atoms with Gasteiger partial charge >= 0.3 is 5.97 Å². The number of carbonyl (C=O) groups is 2. The summed E-state index contributed by atoms with van der Waals surface area (Å²) in [6.45, 7) is 2.85. The molecule has 6 heteroatoms. The first-order chi connectivity index (χ1) is 14.2. The highest BCUT2D eigenvalue weighted by atomic mass is 16.5. The van der Waals surface area contributed by atoms with Gasteiger partial charge in [-0.3, -0.25) is 9.48 Å². The molecule has 0 aliphatic heterocycles. The first kappa shape index (κ1) is 20.3. The number of hydrogen-bond donors (Lipinski definition) is 1. The van der Waals surface area contributed by atoms with E-state index < -0.39 is 5.97 Å². The standard InChI is InChI=1S/C23H25N3O3/c1-2-3-14-24-21(27)17-29-23(28)20-16-26(15-18-10-6-4-7-11-18)25-22(20)19-12-8-5-9-13-19/h4-13,16H,2-3,14-15,17H2,1H3,(H,24,27). The van der Waals surface area contributed by atoms with Gasteiger partial charge in [-0.15, -0.1) is 0 Å². The van der Waals surface area contributed by atoms with Crippen LogP contribution in [0.4, 0.5) is 0 Å². The maximum Gasteiger partial charge on any atom is 0.342 e. The van der Waals surface area contributed by atoms with Gasteiger partial charge in [0.05, 0.1) is 6.54 Å². The van der Waals surface area contributed by atoms with Crippen LogP contribution >= 0.6 is 0 Å². The minimum Gasteiger partial charge on any atom is -0.452 e. The summed E-state index contributed by atoms with van der Waals surface area (Å²) < 4.78 is 6.96. The van der Waals surface area contributed by atoms with Gasteiger partial charge in [0.15, 0.2) is 6.61 Å². The van der Waals surface area contributed by atoms with Crippen LogP contribution in [0.15, 0.2) is 66.9 Å². The molecule has 0 radical (unpaired) electrons. The van der Waals surface area contributed by atoms with Crippen LogP contribution in [0.5, 0.6) is 0 Å². The Labute approximate surface area is 170 Å². The van der Waals surface area contributed by atoms with Crippen LogP contribution in [-0.4, -0.2) is 34.8 Å². The molecular weight excluding hydrogens is 366 g/mol. The van der Waals surface area contributed by atoms with E-state index in [1.807, 2.05) is 67.6 Å². The van der Waals surface area contributed by atoms with Crippen molar-refractivity contribution in [2.45, 2.75) is 26.3 Å². The lowest BCUT2D eigenvalue weighted by molar-refractivity contribution is -0.124. The molecule has 6 nitrogen and oxygen atoms in total. The average Bonchev–Trinajstić information content (AvgIpc) is 3.17. The van der Waals surface area contributed by atoms with E-state index in [1.165, 1.54) is 0 Å². The highest BCUT2D eigenvalue weighted by Gasteiger charge is 2.20. The van der Waals surface area contributed by atoms with Gasteiger partial charge in [-0.2, -0.15) is 5.10 Å². The van der Waals surface area contributed by atoms with E-state index in [0.29, 0.717) is 24.3 Å². The highest BCUT2D eigenvalue weighted by Crippen LogP contribution is 2.23. The summed E-state index contributed by atoms with van der Waals surface area (Å²) in [6, 6.07) is 19.4. The van der Waals surface area contributed by atoms with Gasteiger partial charge < -0.3 is 10.1 Å². The van der Waals surface area contributed by atoms with Crippen molar-refractivity contribution in [2.75, 3.05) is 13.2 Å². The second-order valence-electron chi connectivity index (χ2n) is 6.72. The molecule has 0 saturated heterocycles. The molecule has 0 fully saturated rings. The second-order valence-corrected chi connectivity index (χ2v) is 6.72. The van der Waals surface area contributed by atoms with Gasteiger partial charge in [0.25, 0.3) is 5.91 Å². The molecule has 1 aromatic heterocycles. The molecule has 0 aliphatic rings. The van der Waals surface area contributed by atoms with E-state index in [-0.39, 0.29) is 12.5 Å². The fourth-order valence-corrected chi connectivity index (χ4v) is 2.90. The van der Waals surface area contributed by atoms with Gasteiger partial charge in [0.1, 0.15) is 11.3 Å². The number of unbranched alkanes of at least 4 members (excludes halogenated alkanes) is 1.